The summed E-state index contributed by atoms with van der Waals surface area (Å²) in [5.74, 6) is 1.67. The van der Waals surface area contributed by atoms with Crippen molar-refractivity contribution in [2.24, 2.45) is 0 Å². The Morgan fingerprint density at radius 3 is 2.53 bits per heavy atom. The van der Waals surface area contributed by atoms with E-state index < -0.39 is 0 Å². The molecule has 1 unspecified atom stereocenters. The standard InChI is InChI=1S/C32H30N10O/c33-29-26(7-4-14-35-29)30-40-28-13-12-27(23-5-2-1-3-6-23)39-31(28)42(30)25-10-8-22(9-11-25)17-41-15-16-43-19-24(18-41)38-32-36-20-34-21-37-32/h1-14,20-21,24H,15-19H2,(H2,33,35)(H,34,36,37,38). The number of pyridine rings is 2. The second kappa shape index (κ2) is 11.9. The Morgan fingerprint density at radius 2 is 1.72 bits per heavy atom. The highest BCUT2D eigenvalue weighted by atomic mass is 16.5. The molecule has 4 aromatic heterocycles. The molecule has 6 aromatic rings. The quantitative estimate of drug-likeness (QED) is 0.287. The van der Waals surface area contributed by atoms with Crippen LogP contribution in [0.3, 0.4) is 0 Å². The molecule has 0 saturated carbocycles. The van der Waals surface area contributed by atoms with Gasteiger partial charge in [0.2, 0.25) is 5.95 Å². The Hall–Kier alpha value is -5.26. The van der Waals surface area contributed by atoms with Gasteiger partial charge in [0.15, 0.2) is 11.5 Å². The van der Waals surface area contributed by atoms with Crippen molar-refractivity contribution in [2.75, 3.05) is 37.4 Å². The van der Waals surface area contributed by atoms with Gasteiger partial charge < -0.3 is 15.8 Å². The van der Waals surface area contributed by atoms with E-state index in [0.717, 1.165) is 53.3 Å². The molecule has 2 aromatic carbocycles. The van der Waals surface area contributed by atoms with E-state index in [1.165, 1.54) is 18.2 Å². The number of aromatic nitrogens is 7. The van der Waals surface area contributed by atoms with Crippen molar-refractivity contribution in [3.8, 4) is 28.3 Å². The molecule has 0 bridgehead atoms. The minimum Gasteiger partial charge on any atom is -0.383 e. The second-order valence-corrected chi connectivity index (χ2v) is 10.4. The van der Waals surface area contributed by atoms with Crippen molar-refractivity contribution in [1.29, 1.82) is 0 Å². The van der Waals surface area contributed by atoms with E-state index in [1.54, 1.807) is 6.20 Å². The molecule has 1 fully saturated rings. The maximum Gasteiger partial charge on any atom is 0.225 e. The van der Waals surface area contributed by atoms with Crippen LogP contribution < -0.4 is 11.1 Å². The Labute approximate surface area is 248 Å². The zero-order valence-corrected chi connectivity index (χ0v) is 23.4. The average Bonchev–Trinajstić information content (AvgIpc) is 3.28. The largest absolute Gasteiger partial charge is 0.383 e. The first-order chi connectivity index (χ1) is 21.2. The van der Waals surface area contributed by atoms with Crippen LogP contribution >= 0.6 is 0 Å². The number of nitrogen functional groups attached to an aromatic ring is 1. The first-order valence-corrected chi connectivity index (χ1v) is 14.1. The maximum atomic E-state index is 6.33. The molecule has 0 spiro atoms. The fourth-order valence-electron chi connectivity index (χ4n) is 5.37. The van der Waals surface area contributed by atoms with Crippen molar-refractivity contribution < 1.29 is 4.74 Å². The van der Waals surface area contributed by atoms with Crippen LogP contribution in [0.2, 0.25) is 0 Å². The lowest BCUT2D eigenvalue weighted by molar-refractivity contribution is 0.137. The summed E-state index contributed by atoms with van der Waals surface area (Å²) >= 11 is 0. The monoisotopic (exact) mass is 570 g/mol. The molecule has 7 rings (SSSR count). The molecule has 1 aliphatic heterocycles. The molecule has 11 nitrogen and oxygen atoms in total. The highest BCUT2D eigenvalue weighted by molar-refractivity contribution is 5.84. The highest BCUT2D eigenvalue weighted by Gasteiger charge is 2.21. The van der Waals surface area contributed by atoms with Crippen molar-refractivity contribution >= 4 is 22.9 Å². The normalized spacial score (nSPS) is 15.8. The lowest BCUT2D eigenvalue weighted by Crippen LogP contribution is -2.37. The molecule has 1 saturated heterocycles. The first kappa shape index (κ1) is 26.6. The molecule has 0 amide bonds. The lowest BCUT2D eigenvalue weighted by atomic mass is 10.1. The van der Waals surface area contributed by atoms with Gasteiger partial charge in [-0.3, -0.25) is 9.47 Å². The second-order valence-electron chi connectivity index (χ2n) is 10.4. The summed E-state index contributed by atoms with van der Waals surface area (Å²) in [7, 11) is 0. The number of benzene rings is 2. The van der Waals surface area contributed by atoms with Gasteiger partial charge >= 0.3 is 0 Å². The third-order valence-electron chi connectivity index (χ3n) is 7.43. The average molecular weight is 571 g/mol. The molecule has 3 N–H and O–H groups in total. The minimum atomic E-state index is 0.0684. The van der Waals surface area contributed by atoms with E-state index in [1.807, 2.05) is 42.5 Å². The van der Waals surface area contributed by atoms with Crippen LogP contribution in [0.1, 0.15) is 5.56 Å². The van der Waals surface area contributed by atoms with Crippen LogP contribution in [-0.4, -0.2) is 71.7 Å². The number of rotatable bonds is 7. The van der Waals surface area contributed by atoms with E-state index >= 15 is 0 Å². The van der Waals surface area contributed by atoms with Crippen LogP contribution in [0.4, 0.5) is 11.8 Å². The zero-order valence-electron chi connectivity index (χ0n) is 23.4. The minimum absolute atomic E-state index is 0.0684. The van der Waals surface area contributed by atoms with Crippen molar-refractivity contribution in [2.45, 2.75) is 12.6 Å². The van der Waals surface area contributed by atoms with E-state index in [2.05, 4.69) is 71.1 Å². The number of nitrogens with two attached hydrogens (primary N) is 1. The number of hydrogen-bond donors (Lipinski definition) is 2. The fraction of sp³-hybridized carbons (Fsp3) is 0.188. The van der Waals surface area contributed by atoms with Gasteiger partial charge in [0.1, 0.15) is 24.0 Å². The highest BCUT2D eigenvalue weighted by Crippen LogP contribution is 2.32. The van der Waals surface area contributed by atoms with Gasteiger partial charge in [0.25, 0.3) is 0 Å². The van der Waals surface area contributed by atoms with Gasteiger partial charge in [0, 0.05) is 37.1 Å². The van der Waals surface area contributed by atoms with Gasteiger partial charge in [-0.05, 0) is 42.0 Å². The van der Waals surface area contributed by atoms with Crippen LogP contribution in [0, 0.1) is 0 Å². The summed E-state index contributed by atoms with van der Waals surface area (Å²) in [6.07, 6.45) is 4.66. The zero-order chi connectivity index (χ0) is 29.0. The van der Waals surface area contributed by atoms with Gasteiger partial charge in [-0.15, -0.1) is 0 Å². The van der Waals surface area contributed by atoms with Crippen molar-refractivity contribution in [3.05, 3.63) is 103 Å². The number of nitrogens with one attached hydrogen (secondary N) is 1. The molecular formula is C32H30N10O. The summed E-state index contributed by atoms with van der Waals surface area (Å²) in [5, 5.41) is 3.36. The summed E-state index contributed by atoms with van der Waals surface area (Å²) in [6, 6.07) is 26.6. The van der Waals surface area contributed by atoms with E-state index in [4.69, 9.17) is 20.4 Å². The Morgan fingerprint density at radius 1 is 0.884 bits per heavy atom. The number of anilines is 2. The van der Waals surface area contributed by atoms with Gasteiger partial charge in [-0.25, -0.2) is 29.9 Å². The number of hydrogen-bond acceptors (Lipinski definition) is 10. The van der Waals surface area contributed by atoms with Crippen LogP contribution in [-0.2, 0) is 11.3 Å². The number of fused-ring (bicyclic) bond motifs is 1. The summed E-state index contributed by atoms with van der Waals surface area (Å²) < 4.78 is 7.92. The molecule has 214 valence electrons. The van der Waals surface area contributed by atoms with Gasteiger partial charge in [-0.2, -0.15) is 0 Å². The fourth-order valence-corrected chi connectivity index (χ4v) is 5.37. The third kappa shape index (κ3) is 5.76. The Kier molecular flexibility index (Phi) is 7.38. The number of nitrogens with zero attached hydrogens (tertiary/aromatic N) is 8. The van der Waals surface area contributed by atoms with Crippen LogP contribution in [0.25, 0.3) is 39.5 Å². The van der Waals surface area contributed by atoms with E-state index in [9.17, 15) is 0 Å². The molecule has 43 heavy (non-hydrogen) atoms. The number of imidazole rings is 1. The molecule has 0 aliphatic carbocycles. The molecule has 5 heterocycles. The van der Waals surface area contributed by atoms with Crippen LogP contribution in [0.5, 0.6) is 0 Å². The Bertz CT molecular complexity index is 1830. The maximum absolute atomic E-state index is 6.33. The molecule has 0 radical (unpaired) electrons. The SMILES string of the molecule is Nc1ncccc1-c1nc2ccc(-c3ccccc3)nc2n1-c1ccc(CN2CCOCC(Nc3ncncn3)C2)cc1. The molecular weight excluding hydrogens is 540 g/mol. The van der Waals surface area contributed by atoms with Crippen molar-refractivity contribution in [1.82, 2.24) is 39.4 Å². The topological polar surface area (TPSA) is 133 Å². The lowest BCUT2D eigenvalue weighted by Gasteiger charge is -2.24. The predicted octanol–water partition coefficient (Wildman–Crippen LogP) is 4.23. The van der Waals surface area contributed by atoms with E-state index in [-0.39, 0.29) is 6.04 Å². The number of ether oxygens (including phenoxy) is 1. The third-order valence-corrected chi connectivity index (χ3v) is 7.43. The van der Waals surface area contributed by atoms with E-state index in [0.29, 0.717) is 30.8 Å². The Balaban J connectivity index is 1.20. The smallest absolute Gasteiger partial charge is 0.225 e. The molecule has 11 heteroatoms. The van der Waals surface area contributed by atoms with Crippen molar-refractivity contribution in [3.63, 3.8) is 0 Å². The van der Waals surface area contributed by atoms with Gasteiger partial charge in [-0.1, -0.05) is 42.5 Å². The molecule has 1 aliphatic rings. The predicted molar refractivity (Wildman–Crippen MR) is 165 cm³/mol. The summed E-state index contributed by atoms with van der Waals surface area (Å²) in [5.41, 5.74) is 12.7. The van der Waals surface area contributed by atoms with Crippen LogP contribution in [0.15, 0.2) is 97.7 Å². The molecule has 1 atom stereocenters. The van der Waals surface area contributed by atoms with Gasteiger partial charge in [0.05, 0.1) is 30.5 Å². The summed E-state index contributed by atoms with van der Waals surface area (Å²) in [4.78, 5) is 29.0. The summed E-state index contributed by atoms with van der Waals surface area (Å²) in [6.45, 7) is 3.67. The first-order valence-electron chi connectivity index (χ1n) is 14.1.